The number of nitrogens with one attached hydrogen (secondary N) is 1. The molecular weight excluding hydrogens is 244 g/mol. The fourth-order valence-corrected chi connectivity index (χ4v) is 1.52. The normalized spacial score (nSPS) is 11.8. The third kappa shape index (κ3) is 4.79. The standard InChI is InChI=1S/C14H22N2O3/c1-4-10(2)16-14(17)9-19-13-7-11(8-15)5-6-12(13)18-3/h5-7,10H,4,8-9,15H2,1-3H3,(H,16,17). The lowest BCUT2D eigenvalue weighted by Crippen LogP contribution is -2.35. The summed E-state index contributed by atoms with van der Waals surface area (Å²) in [4.78, 5) is 11.6. The summed E-state index contributed by atoms with van der Waals surface area (Å²) in [5.41, 5.74) is 6.50. The zero-order valence-corrected chi connectivity index (χ0v) is 11.7. The Morgan fingerprint density at radius 2 is 2.16 bits per heavy atom. The van der Waals surface area contributed by atoms with Gasteiger partial charge in [-0.3, -0.25) is 4.79 Å². The molecule has 3 N–H and O–H groups in total. The highest BCUT2D eigenvalue weighted by atomic mass is 16.5. The molecule has 1 amide bonds. The second-order valence-corrected chi connectivity index (χ2v) is 4.35. The van der Waals surface area contributed by atoms with E-state index in [0.717, 1.165) is 12.0 Å². The molecule has 106 valence electrons. The predicted octanol–water partition coefficient (Wildman–Crippen LogP) is 1.45. The lowest BCUT2D eigenvalue weighted by molar-refractivity contribution is -0.123. The van der Waals surface area contributed by atoms with E-state index in [9.17, 15) is 4.79 Å². The highest BCUT2D eigenvalue weighted by molar-refractivity contribution is 5.77. The van der Waals surface area contributed by atoms with E-state index in [-0.39, 0.29) is 18.6 Å². The van der Waals surface area contributed by atoms with Crippen LogP contribution in [0, 0.1) is 0 Å². The van der Waals surface area contributed by atoms with Crippen LogP contribution in [0.25, 0.3) is 0 Å². The van der Waals surface area contributed by atoms with E-state index in [2.05, 4.69) is 5.32 Å². The molecule has 0 heterocycles. The van der Waals surface area contributed by atoms with Crippen LogP contribution in [0.4, 0.5) is 0 Å². The van der Waals surface area contributed by atoms with E-state index < -0.39 is 0 Å². The molecule has 0 aromatic heterocycles. The minimum Gasteiger partial charge on any atom is -0.493 e. The summed E-state index contributed by atoms with van der Waals surface area (Å²) < 4.78 is 10.7. The SMILES string of the molecule is CCC(C)NC(=O)COc1cc(CN)ccc1OC. The smallest absolute Gasteiger partial charge is 0.258 e. The van der Waals surface area contributed by atoms with Gasteiger partial charge in [-0.05, 0) is 31.0 Å². The topological polar surface area (TPSA) is 73.6 Å². The lowest BCUT2D eigenvalue weighted by atomic mass is 10.2. The van der Waals surface area contributed by atoms with Gasteiger partial charge in [0.2, 0.25) is 0 Å². The zero-order chi connectivity index (χ0) is 14.3. The van der Waals surface area contributed by atoms with Gasteiger partial charge in [0.15, 0.2) is 18.1 Å². The molecule has 0 spiro atoms. The summed E-state index contributed by atoms with van der Waals surface area (Å²) in [6.45, 7) is 4.35. The Kier molecular flexibility index (Phi) is 6.15. The Bertz CT molecular complexity index is 421. The molecule has 0 bridgehead atoms. The number of carbonyl (C=O) groups excluding carboxylic acids is 1. The van der Waals surface area contributed by atoms with E-state index in [1.807, 2.05) is 19.9 Å². The van der Waals surface area contributed by atoms with Crippen molar-refractivity contribution < 1.29 is 14.3 Å². The summed E-state index contributed by atoms with van der Waals surface area (Å²) in [5.74, 6) is 0.979. The average Bonchev–Trinajstić information content (AvgIpc) is 2.44. The monoisotopic (exact) mass is 266 g/mol. The number of nitrogens with two attached hydrogens (primary N) is 1. The molecule has 0 aliphatic rings. The van der Waals surface area contributed by atoms with E-state index in [1.165, 1.54) is 0 Å². The van der Waals surface area contributed by atoms with E-state index in [0.29, 0.717) is 18.0 Å². The minimum absolute atomic E-state index is 0.0330. The first-order valence-electron chi connectivity index (χ1n) is 6.39. The number of carbonyl (C=O) groups is 1. The maximum Gasteiger partial charge on any atom is 0.258 e. The van der Waals surface area contributed by atoms with Crippen molar-refractivity contribution >= 4 is 5.91 Å². The van der Waals surface area contributed by atoms with Crippen LogP contribution in [0.2, 0.25) is 0 Å². The van der Waals surface area contributed by atoms with Crippen molar-refractivity contribution in [3.8, 4) is 11.5 Å². The van der Waals surface area contributed by atoms with Gasteiger partial charge in [-0.15, -0.1) is 0 Å². The van der Waals surface area contributed by atoms with Gasteiger partial charge >= 0.3 is 0 Å². The van der Waals surface area contributed by atoms with Crippen molar-refractivity contribution in [2.24, 2.45) is 5.73 Å². The number of hydrogen-bond acceptors (Lipinski definition) is 4. The fraction of sp³-hybridized carbons (Fsp3) is 0.500. The molecule has 0 aliphatic carbocycles. The van der Waals surface area contributed by atoms with Crippen molar-refractivity contribution in [2.75, 3.05) is 13.7 Å². The molecule has 1 aromatic carbocycles. The Labute approximate surface area is 114 Å². The van der Waals surface area contributed by atoms with Crippen LogP contribution in [0.3, 0.4) is 0 Å². The molecule has 0 fully saturated rings. The molecule has 0 saturated carbocycles. The van der Waals surface area contributed by atoms with Gasteiger partial charge in [0.25, 0.3) is 5.91 Å². The van der Waals surface area contributed by atoms with Crippen LogP contribution in [0.5, 0.6) is 11.5 Å². The van der Waals surface area contributed by atoms with E-state index in [1.54, 1.807) is 19.2 Å². The van der Waals surface area contributed by atoms with Gasteiger partial charge < -0.3 is 20.5 Å². The van der Waals surface area contributed by atoms with E-state index in [4.69, 9.17) is 15.2 Å². The van der Waals surface area contributed by atoms with Gasteiger partial charge in [0, 0.05) is 12.6 Å². The Morgan fingerprint density at radius 1 is 1.42 bits per heavy atom. The molecule has 1 aromatic rings. The van der Waals surface area contributed by atoms with Crippen LogP contribution in [0.1, 0.15) is 25.8 Å². The molecular formula is C14H22N2O3. The number of hydrogen-bond donors (Lipinski definition) is 2. The predicted molar refractivity (Wildman–Crippen MR) is 74.3 cm³/mol. The summed E-state index contributed by atoms with van der Waals surface area (Å²) in [6.07, 6.45) is 0.887. The maximum absolute atomic E-state index is 11.6. The summed E-state index contributed by atoms with van der Waals surface area (Å²) in [7, 11) is 1.56. The molecule has 5 heteroatoms. The highest BCUT2D eigenvalue weighted by Crippen LogP contribution is 2.27. The highest BCUT2D eigenvalue weighted by Gasteiger charge is 2.09. The van der Waals surface area contributed by atoms with Gasteiger partial charge in [-0.25, -0.2) is 0 Å². The third-order valence-corrected chi connectivity index (χ3v) is 2.84. The molecule has 1 atom stereocenters. The minimum atomic E-state index is -0.144. The zero-order valence-electron chi connectivity index (χ0n) is 11.7. The first-order chi connectivity index (χ1) is 9.10. The average molecular weight is 266 g/mol. The Morgan fingerprint density at radius 3 is 2.74 bits per heavy atom. The summed E-state index contributed by atoms with van der Waals surface area (Å²) in [6, 6.07) is 5.58. The van der Waals surface area contributed by atoms with Crippen LogP contribution in [0.15, 0.2) is 18.2 Å². The number of benzene rings is 1. The van der Waals surface area contributed by atoms with Crippen LogP contribution >= 0.6 is 0 Å². The van der Waals surface area contributed by atoms with Crippen LogP contribution in [-0.4, -0.2) is 25.7 Å². The Hall–Kier alpha value is -1.75. The van der Waals surface area contributed by atoms with Gasteiger partial charge in [-0.1, -0.05) is 13.0 Å². The van der Waals surface area contributed by atoms with E-state index >= 15 is 0 Å². The molecule has 1 rings (SSSR count). The molecule has 1 unspecified atom stereocenters. The lowest BCUT2D eigenvalue weighted by Gasteiger charge is -2.14. The largest absolute Gasteiger partial charge is 0.493 e. The van der Waals surface area contributed by atoms with Crippen molar-refractivity contribution in [3.05, 3.63) is 23.8 Å². The van der Waals surface area contributed by atoms with Crippen molar-refractivity contribution in [3.63, 3.8) is 0 Å². The van der Waals surface area contributed by atoms with Crippen LogP contribution in [-0.2, 0) is 11.3 Å². The molecule has 0 aliphatic heterocycles. The maximum atomic E-state index is 11.6. The van der Waals surface area contributed by atoms with Gasteiger partial charge in [0.1, 0.15) is 0 Å². The van der Waals surface area contributed by atoms with Crippen LogP contribution < -0.4 is 20.5 Å². The molecule has 5 nitrogen and oxygen atoms in total. The molecule has 0 radical (unpaired) electrons. The second-order valence-electron chi connectivity index (χ2n) is 4.35. The number of methoxy groups -OCH3 is 1. The van der Waals surface area contributed by atoms with Gasteiger partial charge in [-0.2, -0.15) is 0 Å². The Balaban J connectivity index is 2.63. The third-order valence-electron chi connectivity index (χ3n) is 2.84. The van der Waals surface area contributed by atoms with Crippen molar-refractivity contribution in [2.45, 2.75) is 32.9 Å². The fourth-order valence-electron chi connectivity index (χ4n) is 1.52. The first-order valence-corrected chi connectivity index (χ1v) is 6.39. The number of amides is 1. The quantitative estimate of drug-likeness (QED) is 0.783. The number of ether oxygens (including phenoxy) is 2. The summed E-state index contributed by atoms with van der Waals surface area (Å²) in [5, 5.41) is 2.84. The number of rotatable bonds is 7. The summed E-state index contributed by atoms with van der Waals surface area (Å²) >= 11 is 0. The molecule has 19 heavy (non-hydrogen) atoms. The van der Waals surface area contributed by atoms with Crippen molar-refractivity contribution in [1.82, 2.24) is 5.32 Å². The van der Waals surface area contributed by atoms with Gasteiger partial charge in [0.05, 0.1) is 7.11 Å². The second kappa shape index (κ2) is 7.63. The molecule has 0 saturated heterocycles. The first kappa shape index (κ1) is 15.3. The van der Waals surface area contributed by atoms with Crippen molar-refractivity contribution in [1.29, 1.82) is 0 Å².